The van der Waals surface area contributed by atoms with E-state index in [-0.39, 0.29) is 5.91 Å². The molecule has 1 saturated heterocycles. The van der Waals surface area contributed by atoms with Crippen molar-refractivity contribution >= 4 is 35.2 Å². The van der Waals surface area contributed by atoms with Gasteiger partial charge in [-0.3, -0.25) is 9.69 Å². The minimum absolute atomic E-state index is 0.132. The van der Waals surface area contributed by atoms with Crippen LogP contribution in [0.25, 0.3) is 6.08 Å². The third kappa shape index (κ3) is 6.51. The quantitative estimate of drug-likeness (QED) is 0.602. The molecule has 6 heteroatoms. The van der Waals surface area contributed by atoms with Crippen LogP contribution in [-0.4, -0.2) is 50.2 Å². The summed E-state index contributed by atoms with van der Waals surface area (Å²) in [5, 5.41) is 3.94. The maximum atomic E-state index is 11.8. The van der Waals surface area contributed by atoms with Crippen LogP contribution in [0, 0.1) is 0 Å². The molecule has 23 heavy (non-hydrogen) atoms. The molecule has 0 saturated carbocycles. The van der Waals surface area contributed by atoms with Gasteiger partial charge in [-0.25, -0.2) is 0 Å². The summed E-state index contributed by atoms with van der Waals surface area (Å²) in [6, 6.07) is 5.27. The van der Waals surface area contributed by atoms with Crippen LogP contribution in [0.5, 0.6) is 0 Å². The van der Waals surface area contributed by atoms with E-state index in [0.29, 0.717) is 22.2 Å². The lowest BCUT2D eigenvalue weighted by Crippen LogP contribution is -2.37. The number of rotatable bonds is 7. The average molecular weight is 357 g/mol. The maximum Gasteiger partial charge on any atom is 0.244 e. The van der Waals surface area contributed by atoms with E-state index in [1.54, 1.807) is 24.3 Å². The van der Waals surface area contributed by atoms with E-state index in [1.807, 2.05) is 0 Å². The Hall–Kier alpha value is -1.07. The third-order valence-electron chi connectivity index (χ3n) is 3.71. The summed E-state index contributed by atoms with van der Waals surface area (Å²) in [5.74, 6) is -0.132. The Bertz CT molecular complexity index is 523. The van der Waals surface area contributed by atoms with E-state index in [0.717, 1.165) is 45.7 Å². The van der Waals surface area contributed by atoms with Crippen molar-refractivity contribution in [2.24, 2.45) is 0 Å². The van der Waals surface area contributed by atoms with E-state index in [2.05, 4.69) is 10.2 Å². The number of morpholine rings is 1. The van der Waals surface area contributed by atoms with Gasteiger partial charge in [0.2, 0.25) is 5.91 Å². The van der Waals surface area contributed by atoms with Crippen LogP contribution in [0.1, 0.15) is 18.4 Å². The molecule has 0 atom stereocenters. The van der Waals surface area contributed by atoms with Crippen LogP contribution in [0.15, 0.2) is 24.3 Å². The highest BCUT2D eigenvalue weighted by atomic mass is 35.5. The molecule has 1 aliphatic heterocycles. The van der Waals surface area contributed by atoms with Gasteiger partial charge in [0.15, 0.2) is 0 Å². The molecule has 2 rings (SSSR count). The molecule has 1 heterocycles. The van der Waals surface area contributed by atoms with Crippen molar-refractivity contribution in [1.82, 2.24) is 10.2 Å². The smallest absolute Gasteiger partial charge is 0.244 e. The molecule has 126 valence electrons. The lowest BCUT2D eigenvalue weighted by atomic mass is 10.2. The molecule has 0 bridgehead atoms. The number of nitrogens with one attached hydrogen (secondary N) is 1. The zero-order valence-corrected chi connectivity index (χ0v) is 14.6. The summed E-state index contributed by atoms with van der Waals surface area (Å²) in [6.07, 6.45) is 5.15. The first-order chi connectivity index (χ1) is 11.2. The van der Waals surface area contributed by atoms with Gasteiger partial charge in [0, 0.05) is 41.3 Å². The number of halogens is 2. The topological polar surface area (TPSA) is 41.6 Å². The first-order valence-corrected chi connectivity index (χ1v) is 8.62. The number of carbonyl (C=O) groups excluding carboxylic acids is 1. The third-order valence-corrected chi connectivity index (χ3v) is 4.36. The van der Waals surface area contributed by atoms with E-state index in [9.17, 15) is 4.79 Å². The zero-order chi connectivity index (χ0) is 16.5. The Morgan fingerprint density at radius 1 is 1.22 bits per heavy atom. The number of hydrogen-bond acceptors (Lipinski definition) is 3. The molecule has 1 aromatic rings. The average Bonchev–Trinajstić information content (AvgIpc) is 2.55. The van der Waals surface area contributed by atoms with Crippen molar-refractivity contribution in [1.29, 1.82) is 0 Å². The van der Waals surface area contributed by atoms with E-state index >= 15 is 0 Å². The minimum Gasteiger partial charge on any atom is -0.379 e. The van der Waals surface area contributed by atoms with Crippen molar-refractivity contribution in [3.8, 4) is 0 Å². The molecule has 4 nitrogen and oxygen atoms in total. The van der Waals surface area contributed by atoms with Gasteiger partial charge in [-0.05, 0) is 37.6 Å². The first kappa shape index (κ1) is 18.3. The summed E-state index contributed by atoms with van der Waals surface area (Å²) in [6.45, 7) is 5.40. The highest BCUT2D eigenvalue weighted by Gasteiger charge is 2.09. The molecular weight excluding hydrogens is 335 g/mol. The molecule has 1 amide bonds. The van der Waals surface area contributed by atoms with Crippen LogP contribution in [0.3, 0.4) is 0 Å². The van der Waals surface area contributed by atoms with Crippen LogP contribution in [-0.2, 0) is 9.53 Å². The van der Waals surface area contributed by atoms with Crippen LogP contribution in [0.4, 0.5) is 0 Å². The molecule has 0 unspecified atom stereocenters. The second kappa shape index (κ2) is 9.93. The van der Waals surface area contributed by atoms with Gasteiger partial charge in [-0.15, -0.1) is 0 Å². The van der Waals surface area contributed by atoms with Gasteiger partial charge in [0.05, 0.1) is 13.2 Å². The van der Waals surface area contributed by atoms with Crippen LogP contribution in [0.2, 0.25) is 10.0 Å². The Morgan fingerprint density at radius 2 is 1.91 bits per heavy atom. The summed E-state index contributed by atoms with van der Waals surface area (Å²) in [5.41, 5.74) is 0.665. The van der Waals surface area contributed by atoms with Gasteiger partial charge >= 0.3 is 0 Å². The van der Waals surface area contributed by atoms with Gasteiger partial charge in [-0.2, -0.15) is 0 Å². The predicted molar refractivity (Wildman–Crippen MR) is 95.0 cm³/mol. The number of nitrogens with zero attached hydrogens (tertiary/aromatic N) is 1. The van der Waals surface area contributed by atoms with E-state index in [4.69, 9.17) is 27.9 Å². The van der Waals surface area contributed by atoms with E-state index in [1.165, 1.54) is 6.08 Å². The predicted octanol–water partition coefficient (Wildman–Crippen LogP) is 3.24. The fourth-order valence-corrected chi connectivity index (χ4v) is 2.91. The monoisotopic (exact) mass is 356 g/mol. The fraction of sp³-hybridized carbons (Fsp3) is 0.471. The normalized spacial score (nSPS) is 15.9. The zero-order valence-electron chi connectivity index (χ0n) is 13.1. The summed E-state index contributed by atoms with van der Waals surface area (Å²) in [7, 11) is 0. The Labute approximate surface area is 147 Å². The molecule has 0 aromatic heterocycles. The second-order valence-electron chi connectivity index (χ2n) is 5.42. The van der Waals surface area contributed by atoms with Crippen molar-refractivity contribution in [2.45, 2.75) is 12.8 Å². The molecule has 1 fully saturated rings. The molecule has 1 N–H and O–H groups in total. The molecule has 1 aliphatic rings. The Morgan fingerprint density at radius 3 is 2.61 bits per heavy atom. The van der Waals surface area contributed by atoms with Gasteiger partial charge in [-0.1, -0.05) is 29.3 Å². The van der Waals surface area contributed by atoms with Gasteiger partial charge in [0.25, 0.3) is 0 Å². The Kier molecular flexibility index (Phi) is 7.89. The molecule has 0 radical (unpaired) electrons. The van der Waals surface area contributed by atoms with Crippen LogP contribution >= 0.6 is 23.2 Å². The number of hydrogen-bond donors (Lipinski definition) is 1. The molecule has 0 spiro atoms. The number of amides is 1. The lowest BCUT2D eigenvalue weighted by molar-refractivity contribution is -0.116. The summed E-state index contributed by atoms with van der Waals surface area (Å²) < 4.78 is 5.31. The molecule has 0 aliphatic carbocycles. The number of ether oxygens (including phenoxy) is 1. The standard InChI is InChI=1S/C17H22Cl2N2O2/c18-15-4-3-5-16(19)14(15)6-7-17(22)20-8-1-2-9-21-10-12-23-13-11-21/h3-7H,1-2,8-13H2,(H,20,22)/b7-6+. The fourth-order valence-electron chi connectivity index (χ4n) is 2.38. The summed E-state index contributed by atoms with van der Waals surface area (Å²) in [4.78, 5) is 14.2. The highest BCUT2D eigenvalue weighted by Crippen LogP contribution is 2.25. The largest absolute Gasteiger partial charge is 0.379 e. The summed E-state index contributed by atoms with van der Waals surface area (Å²) >= 11 is 12.1. The van der Waals surface area contributed by atoms with Crippen molar-refractivity contribution in [2.75, 3.05) is 39.4 Å². The number of benzene rings is 1. The number of unbranched alkanes of at least 4 members (excludes halogenated alkanes) is 1. The van der Waals surface area contributed by atoms with Crippen molar-refractivity contribution in [3.05, 3.63) is 39.9 Å². The van der Waals surface area contributed by atoms with Crippen molar-refractivity contribution in [3.63, 3.8) is 0 Å². The molecular formula is C17H22Cl2N2O2. The van der Waals surface area contributed by atoms with E-state index < -0.39 is 0 Å². The highest BCUT2D eigenvalue weighted by molar-refractivity contribution is 6.37. The first-order valence-electron chi connectivity index (χ1n) is 7.87. The SMILES string of the molecule is O=C(/C=C/c1c(Cl)cccc1Cl)NCCCCN1CCOCC1. The van der Waals surface area contributed by atoms with Gasteiger partial charge in [0.1, 0.15) is 0 Å². The molecule has 1 aromatic carbocycles. The number of carbonyl (C=O) groups is 1. The van der Waals surface area contributed by atoms with Gasteiger partial charge < -0.3 is 10.1 Å². The van der Waals surface area contributed by atoms with Crippen molar-refractivity contribution < 1.29 is 9.53 Å². The Balaban J connectivity index is 1.64. The second-order valence-corrected chi connectivity index (χ2v) is 6.24. The van der Waals surface area contributed by atoms with Crippen LogP contribution < -0.4 is 5.32 Å². The maximum absolute atomic E-state index is 11.8. The lowest BCUT2D eigenvalue weighted by Gasteiger charge is -2.26. The minimum atomic E-state index is -0.132.